The van der Waals surface area contributed by atoms with Crippen molar-refractivity contribution in [2.24, 2.45) is 11.7 Å². The van der Waals surface area contributed by atoms with Gasteiger partial charge in [-0.2, -0.15) is 0 Å². The third-order valence-electron chi connectivity index (χ3n) is 2.83. The number of benzene rings is 1. The Kier molecular flexibility index (Phi) is 2.74. The van der Waals surface area contributed by atoms with Crippen LogP contribution in [0.3, 0.4) is 0 Å². The minimum atomic E-state index is 0.262. The molecule has 1 aromatic rings. The van der Waals surface area contributed by atoms with E-state index >= 15 is 0 Å². The van der Waals surface area contributed by atoms with E-state index in [9.17, 15) is 0 Å². The Labute approximate surface area is 94.2 Å². The summed E-state index contributed by atoms with van der Waals surface area (Å²) in [5.41, 5.74) is 7.06. The van der Waals surface area contributed by atoms with Gasteiger partial charge in [0.05, 0.1) is 0 Å². The van der Waals surface area contributed by atoms with Crippen LogP contribution in [0.5, 0.6) is 0 Å². The molecule has 0 spiro atoms. The molecule has 0 unspecified atom stereocenters. The van der Waals surface area contributed by atoms with E-state index in [1.54, 1.807) is 6.07 Å². The van der Waals surface area contributed by atoms with Crippen LogP contribution in [0.25, 0.3) is 0 Å². The Bertz CT molecular complexity index is 329. The van der Waals surface area contributed by atoms with Crippen molar-refractivity contribution >= 4 is 23.2 Å². The molecule has 0 aliphatic heterocycles. The zero-order chi connectivity index (χ0) is 10.3. The van der Waals surface area contributed by atoms with Gasteiger partial charge in [0.25, 0.3) is 0 Å². The Balaban J connectivity index is 2.19. The number of nitrogens with two attached hydrogens (primary N) is 1. The minimum Gasteiger partial charge on any atom is -0.328 e. The summed E-state index contributed by atoms with van der Waals surface area (Å²) in [6.45, 7) is 2.05. The van der Waals surface area contributed by atoms with Crippen molar-refractivity contribution in [1.29, 1.82) is 0 Å². The molecule has 0 aromatic heterocycles. The van der Waals surface area contributed by atoms with Crippen molar-refractivity contribution in [2.75, 3.05) is 0 Å². The lowest BCUT2D eigenvalue weighted by Gasteiger charge is -2.05. The van der Waals surface area contributed by atoms with Crippen molar-refractivity contribution in [3.8, 4) is 0 Å². The quantitative estimate of drug-likeness (QED) is 0.827. The molecule has 0 heterocycles. The van der Waals surface area contributed by atoms with Gasteiger partial charge in [-0.05, 0) is 48.9 Å². The van der Waals surface area contributed by atoms with Crippen molar-refractivity contribution in [3.63, 3.8) is 0 Å². The minimum absolute atomic E-state index is 0.262. The molecule has 3 heteroatoms. The first-order valence-corrected chi connectivity index (χ1v) is 5.55. The van der Waals surface area contributed by atoms with Crippen molar-refractivity contribution < 1.29 is 0 Å². The molecule has 2 N–H and O–H groups in total. The molecular weight excluding hydrogens is 217 g/mol. The largest absolute Gasteiger partial charge is 0.328 e. The summed E-state index contributed by atoms with van der Waals surface area (Å²) in [5.74, 6) is 1.16. The smallest absolute Gasteiger partial charge is 0.0423 e. The number of hydrogen-bond acceptors (Lipinski definition) is 1. The monoisotopic (exact) mass is 229 g/mol. The van der Waals surface area contributed by atoms with Gasteiger partial charge in [0, 0.05) is 16.1 Å². The Morgan fingerprint density at radius 1 is 1.29 bits per heavy atom. The Morgan fingerprint density at radius 2 is 1.86 bits per heavy atom. The second kappa shape index (κ2) is 3.73. The standard InChI is InChI=1S/C11H13Cl2N/c1-6(14)10-5-11(10)7-2-8(12)4-9(13)3-7/h2-4,6,10-11H,5,14H2,1H3/t6-,10-,11+/m0/s1. The summed E-state index contributed by atoms with van der Waals surface area (Å²) >= 11 is 11.9. The van der Waals surface area contributed by atoms with Crippen LogP contribution in [0.15, 0.2) is 18.2 Å². The fraction of sp³-hybridized carbons (Fsp3) is 0.455. The first kappa shape index (κ1) is 10.3. The highest BCUT2D eigenvalue weighted by molar-refractivity contribution is 6.34. The molecular formula is C11H13Cl2N. The van der Waals surface area contributed by atoms with Gasteiger partial charge >= 0.3 is 0 Å². The van der Waals surface area contributed by atoms with Gasteiger partial charge in [0.15, 0.2) is 0 Å². The molecule has 14 heavy (non-hydrogen) atoms. The van der Waals surface area contributed by atoms with E-state index in [1.807, 2.05) is 12.1 Å². The predicted octanol–water partition coefficient (Wildman–Crippen LogP) is 3.44. The van der Waals surface area contributed by atoms with Gasteiger partial charge < -0.3 is 5.73 Å². The molecule has 1 aliphatic carbocycles. The van der Waals surface area contributed by atoms with Crippen LogP contribution in [-0.4, -0.2) is 6.04 Å². The molecule has 1 saturated carbocycles. The molecule has 1 fully saturated rings. The van der Waals surface area contributed by atoms with Crippen LogP contribution in [0.1, 0.15) is 24.8 Å². The van der Waals surface area contributed by atoms with E-state index in [0.29, 0.717) is 21.9 Å². The van der Waals surface area contributed by atoms with Gasteiger partial charge in [-0.25, -0.2) is 0 Å². The van der Waals surface area contributed by atoms with Crippen molar-refractivity contribution in [3.05, 3.63) is 33.8 Å². The average Bonchev–Trinajstić information content (AvgIpc) is 2.79. The summed E-state index contributed by atoms with van der Waals surface area (Å²) in [7, 11) is 0. The highest BCUT2D eigenvalue weighted by atomic mass is 35.5. The molecule has 0 bridgehead atoms. The van der Waals surface area contributed by atoms with Crippen molar-refractivity contribution in [2.45, 2.75) is 25.3 Å². The predicted molar refractivity (Wildman–Crippen MR) is 61.0 cm³/mol. The van der Waals surface area contributed by atoms with Crippen molar-refractivity contribution in [1.82, 2.24) is 0 Å². The molecule has 1 aliphatic rings. The lowest BCUT2D eigenvalue weighted by atomic mass is 10.1. The van der Waals surface area contributed by atoms with E-state index in [2.05, 4.69) is 6.92 Å². The van der Waals surface area contributed by atoms with Gasteiger partial charge in [-0.15, -0.1) is 0 Å². The first-order chi connectivity index (χ1) is 6.58. The number of hydrogen-bond donors (Lipinski definition) is 1. The molecule has 3 atom stereocenters. The average molecular weight is 230 g/mol. The van der Waals surface area contributed by atoms with Crippen LogP contribution < -0.4 is 5.73 Å². The highest BCUT2D eigenvalue weighted by Gasteiger charge is 2.40. The maximum atomic E-state index is 5.93. The summed E-state index contributed by atoms with van der Waals surface area (Å²) in [6, 6.07) is 5.99. The Morgan fingerprint density at radius 3 is 2.29 bits per heavy atom. The maximum absolute atomic E-state index is 5.93. The van der Waals surface area contributed by atoms with Gasteiger partial charge in [-0.1, -0.05) is 23.2 Å². The molecule has 0 amide bonds. The maximum Gasteiger partial charge on any atom is 0.0423 e. The summed E-state index contributed by atoms with van der Waals surface area (Å²) < 4.78 is 0. The SMILES string of the molecule is C[C@H](N)[C@@H]1C[C@@H]1c1cc(Cl)cc(Cl)c1. The summed E-state index contributed by atoms with van der Waals surface area (Å²) in [4.78, 5) is 0. The van der Waals surface area contributed by atoms with Crippen LogP contribution in [0, 0.1) is 5.92 Å². The van der Waals surface area contributed by atoms with E-state index in [-0.39, 0.29) is 6.04 Å². The number of halogens is 2. The molecule has 2 rings (SSSR count). The van der Waals surface area contributed by atoms with Crippen LogP contribution in [0.2, 0.25) is 10.0 Å². The third kappa shape index (κ3) is 2.05. The molecule has 0 saturated heterocycles. The highest BCUT2D eigenvalue weighted by Crippen LogP contribution is 2.49. The molecule has 76 valence electrons. The third-order valence-corrected chi connectivity index (χ3v) is 3.26. The van der Waals surface area contributed by atoms with Crippen LogP contribution in [-0.2, 0) is 0 Å². The van der Waals surface area contributed by atoms with E-state index < -0.39 is 0 Å². The van der Waals surface area contributed by atoms with E-state index in [1.165, 1.54) is 5.56 Å². The van der Waals surface area contributed by atoms with Gasteiger partial charge in [0.1, 0.15) is 0 Å². The second-order valence-corrected chi connectivity index (χ2v) is 4.94. The van der Waals surface area contributed by atoms with E-state index in [0.717, 1.165) is 6.42 Å². The van der Waals surface area contributed by atoms with Crippen LogP contribution in [0.4, 0.5) is 0 Å². The van der Waals surface area contributed by atoms with Crippen LogP contribution >= 0.6 is 23.2 Å². The summed E-state index contributed by atoms with van der Waals surface area (Å²) in [5, 5.41) is 1.42. The zero-order valence-corrected chi connectivity index (χ0v) is 9.52. The number of rotatable bonds is 2. The van der Waals surface area contributed by atoms with Gasteiger partial charge in [-0.3, -0.25) is 0 Å². The fourth-order valence-electron chi connectivity index (χ4n) is 1.97. The summed E-state index contributed by atoms with van der Waals surface area (Å²) in [6.07, 6.45) is 1.16. The molecule has 0 radical (unpaired) electrons. The van der Waals surface area contributed by atoms with E-state index in [4.69, 9.17) is 28.9 Å². The molecule has 1 nitrogen and oxygen atoms in total. The Hall–Kier alpha value is -0.240. The second-order valence-electron chi connectivity index (χ2n) is 4.07. The van der Waals surface area contributed by atoms with Gasteiger partial charge in [0.2, 0.25) is 0 Å². The lowest BCUT2D eigenvalue weighted by Crippen LogP contribution is -2.17. The normalized spacial score (nSPS) is 27.4. The zero-order valence-electron chi connectivity index (χ0n) is 8.00. The molecule has 1 aromatic carbocycles. The first-order valence-electron chi connectivity index (χ1n) is 4.79. The topological polar surface area (TPSA) is 26.0 Å². The fourth-order valence-corrected chi connectivity index (χ4v) is 2.51. The lowest BCUT2D eigenvalue weighted by molar-refractivity contribution is 0.631.